The molecular weight excluding hydrogens is 220 g/mol. The standard InChI is InChI=1S/C12H22N2O3/c1-9-8-17-6-5-14(9)10-3-2-4-12(13,7-10)11(15)16/h9-10H,2-8,13H2,1H3,(H,15,16). The molecule has 2 fully saturated rings. The zero-order valence-electron chi connectivity index (χ0n) is 10.4. The lowest BCUT2D eigenvalue weighted by Crippen LogP contribution is -2.58. The normalized spacial score (nSPS) is 40.1. The van der Waals surface area contributed by atoms with E-state index in [9.17, 15) is 9.90 Å². The van der Waals surface area contributed by atoms with E-state index in [-0.39, 0.29) is 0 Å². The molecule has 2 aliphatic rings. The van der Waals surface area contributed by atoms with Gasteiger partial charge in [-0.25, -0.2) is 0 Å². The molecule has 3 atom stereocenters. The summed E-state index contributed by atoms with van der Waals surface area (Å²) >= 11 is 0. The fraction of sp³-hybridized carbons (Fsp3) is 0.917. The summed E-state index contributed by atoms with van der Waals surface area (Å²) < 4.78 is 5.41. The molecule has 0 bridgehead atoms. The Balaban J connectivity index is 2.03. The highest BCUT2D eigenvalue weighted by molar-refractivity contribution is 5.78. The Morgan fingerprint density at radius 1 is 1.59 bits per heavy atom. The number of nitrogens with two attached hydrogens (primary N) is 1. The van der Waals surface area contributed by atoms with E-state index < -0.39 is 11.5 Å². The van der Waals surface area contributed by atoms with Crippen molar-refractivity contribution in [2.45, 2.75) is 50.2 Å². The summed E-state index contributed by atoms with van der Waals surface area (Å²) in [5.41, 5.74) is 4.96. The molecule has 1 heterocycles. The quantitative estimate of drug-likeness (QED) is 0.734. The van der Waals surface area contributed by atoms with E-state index in [1.807, 2.05) is 0 Å². The molecule has 1 saturated carbocycles. The molecule has 1 aliphatic heterocycles. The van der Waals surface area contributed by atoms with Gasteiger partial charge in [0.05, 0.1) is 13.2 Å². The highest BCUT2D eigenvalue weighted by Gasteiger charge is 2.42. The lowest BCUT2D eigenvalue weighted by Gasteiger charge is -2.44. The van der Waals surface area contributed by atoms with Crippen LogP contribution in [0.4, 0.5) is 0 Å². The minimum absolute atomic E-state index is 0.295. The molecule has 5 heteroatoms. The van der Waals surface area contributed by atoms with E-state index in [4.69, 9.17) is 10.5 Å². The maximum Gasteiger partial charge on any atom is 0.323 e. The molecular formula is C12H22N2O3. The van der Waals surface area contributed by atoms with Crippen molar-refractivity contribution in [2.75, 3.05) is 19.8 Å². The molecule has 1 aliphatic carbocycles. The minimum atomic E-state index is -1.03. The number of carboxylic acid groups (broad SMARTS) is 1. The van der Waals surface area contributed by atoms with Crippen molar-refractivity contribution >= 4 is 5.97 Å². The molecule has 0 spiro atoms. The molecule has 1 saturated heterocycles. The highest BCUT2D eigenvalue weighted by Crippen LogP contribution is 2.31. The van der Waals surface area contributed by atoms with Crippen molar-refractivity contribution in [3.05, 3.63) is 0 Å². The van der Waals surface area contributed by atoms with Crippen LogP contribution in [0.25, 0.3) is 0 Å². The van der Waals surface area contributed by atoms with Crippen LogP contribution in [0.1, 0.15) is 32.6 Å². The zero-order valence-corrected chi connectivity index (χ0v) is 10.4. The summed E-state index contributed by atoms with van der Waals surface area (Å²) in [6.45, 7) is 4.50. The number of morpholine rings is 1. The first-order valence-electron chi connectivity index (χ1n) is 6.39. The first-order chi connectivity index (χ1) is 8.03. The topological polar surface area (TPSA) is 75.8 Å². The molecule has 0 radical (unpaired) electrons. The van der Waals surface area contributed by atoms with Crippen molar-refractivity contribution in [3.63, 3.8) is 0 Å². The van der Waals surface area contributed by atoms with E-state index in [0.717, 1.165) is 32.6 Å². The number of hydrogen-bond donors (Lipinski definition) is 2. The fourth-order valence-electron chi connectivity index (χ4n) is 3.04. The van der Waals surface area contributed by atoms with Gasteiger partial charge in [0, 0.05) is 18.6 Å². The number of hydrogen-bond acceptors (Lipinski definition) is 4. The lowest BCUT2D eigenvalue weighted by molar-refractivity contribution is -0.146. The van der Waals surface area contributed by atoms with Crippen LogP contribution in [0.3, 0.4) is 0 Å². The predicted octanol–water partition coefficient (Wildman–Crippen LogP) is 0.432. The van der Waals surface area contributed by atoms with Gasteiger partial charge < -0.3 is 15.6 Å². The van der Waals surface area contributed by atoms with Gasteiger partial charge in [-0.1, -0.05) is 0 Å². The first kappa shape index (κ1) is 12.8. The summed E-state index contributed by atoms with van der Waals surface area (Å²) in [5, 5.41) is 9.21. The summed E-state index contributed by atoms with van der Waals surface area (Å²) in [6.07, 6.45) is 3.11. The van der Waals surface area contributed by atoms with E-state index in [0.29, 0.717) is 24.9 Å². The van der Waals surface area contributed by atoms with Crippen LogP contribution in [0.2, 0.25) is 0 Å². The van der Waals surface area contributed by atoms with Crippen molar-refractivity contribution in [2.24, 2.45) is 5.73 Å². The Labute approximate surface area is 102 Å². The van der Waals surface area contributed by atoms with Crippen LogP contribution >= 0.6 is 0 Å². The van der Waals surface area contributed by atoms with E-state index >= 15 is 0 Å². The monoisotopic (exact) mass is 242 g/mol. The van der Waals surface area contributed by atoms with Gasteiger partial charge in [-0.2, -0.15) is 0 Å². The number of nitrogens with zero attached hydrogens (tertiary/aromatic N) is 1. The van der Waals surface area contributed by atoms with Crippen molar-refractivity contribution < 1.29 is 14.6 Å². The Bertz CT molecular complexity index is 297. The highest BCUT2D eigenvalue weighted by atomic mass is 16.5. The maximum absolute atomic E-state index is 11.2. The summed E-state index contributed by atoms with van der Waals surface area (Å²) in [5.74, 6) is -0.858. The average molecular weight is 242 g/mol. The van der Waals surface area contributed by atoms with Gasteiger partial charge in [0.1, 0.15) is 5.54 Å². The van der Waals surface area contributed by atoms with Gasteiger partial charge in [-0.3, -0.25) is 9.69 Å². The van der Waals surface area contributed by atoms with E-state index in [1.54, 1.807) is 0 Å². The number of rotatable bonds is 2. The van der Waals surface area contributed by atoms with E-state index in [2.05, 4.69) is 11.8 Å². The second kappa shape index (κ2) is 4.92. The molecule has 17 heavy (non-hydrogen) atoms. The van der Waals surface area contributed by atoms with Crippen LogP contribution < -0.4 is 5.73 Å². The van der Waals surface area contributed by atoms with Crippen LogP contribution in [-0.4, -0.2) is 53.4 Å². The molecule has 0 aromatic carbocycles. The van der Waals surface area contributed by atoms with Gasteiger partial charge in [-0.15, -0.1) is 0 Å². The van der Waals surface area contributed by atoms with Gasteiger partial charge in [0.25, 0.3) is 0 Å². The Morgan fingerprint density at radius 3 is 3.00 bits per heavy atom. The van der Waals surface area contributed by atoms with Crippen molar-refractivity contribution in [1.29, 1.82) is 0 Å². The predicted molar refractivity (Wildman–Crippen MR) is 63.8 cm³/mol. The van der Waals surface area contributed by atoms with Crippen LogP contribution in [0.5, 0.6) is 0 Å². The van der Waals surface area contributed by atoms with Gasteiger partial charge >= 0.3 is 5.97 Å². The third-order valence-corrected chi connectivity index (χ3v) is 4.07. The lowest BCUT2D eigenvalue weighted by atomic mass is 9.79. The van der Waals surface area contributed by atoms with E-state index in [1.165, 1.54) is 0 Å². The fourth-order valence-corrected chi connectivity index (χ4v) is 3.04. The second-order valence-corrected chi connectivity index (χ2v) is 5.37. The zero-order chi connectivity index (χ0) is 12.5. The molecule has 0 aromatic heterocycles. The number of ether oxygens (including phenoxy) is 1. The summed E-state index contributed by atoms with van der Waals surface area (Å²) in [7, 11) is 0. The number of carbonyl (C=O) groups is 1. The maximum atomic E-state index is 11.2. The Hall–Kier alpha value is -0.650. The smallest absolute Gasteiger partial charge is 0.323 e. The second-order valence-electron chi connectivity index (χ2n) is 5.37. The molecule has 0 aromatic rings. The molecule has 0 amide bonds. The van der Waals surface area contributed by atoms with Gasteiger partial charge in [0.2, 0.25) is 0 Å². The average Bonchev–Trinajstić information content (AvgIpc) is 2.29. The van der Waals surface area contributed by atoms with Crippen LogP contribution in [0.15, 0.2) is 0 Å². The van der Waals surface area contributed by atoms with Crippen LogP contribution in [-0.2, 0) is 9.53 Å². The third kappa shape index (κ3) is 2.61. The molecule has 3 N–H and O–H groups in total. The van der Waals surface area contributed by atoms with Gasteiger partial charge in [0.15, 0.2) is 0 Å². The number of aliphatic carboxylic acids is 1. The molecule has 5 nitrogen and oxygen atoms in total. The molecule has 2 rings (SSSR count). The van der Waals surface area contributed by atoms with Crippen molar-refractivity contribution in [1.82, 2.24) is 4.90 Å². The Kier molecular flexibility index (Phi) is 3.70. The van der Waals surface area contributed by atoms with Gasteiger partial charge in [-0.05, 0) is 32.6 Å². The number of carboxylic acids is 1. The largest absolute Gasteiger partial charge is 0.480 e. The summed E-state index contributed by atoms with van der Waals surface area (Å²) in [4.78, 5) is 13.6. The SMILES string of the molecule is CC1COCCN1C1CCCC(N)(C(=O)O)C1. The Morgan fingerprint density at radius 2 is 2.35 bits per heavy atom. The van der Waals surface area contributed by atoms with Crippen molar-refractivity contribution in [3.8, 4) is 0 Å². The minimum Gasteiger partial charge on any atom is -0.480 e. The first-order valence-corrected chi connectivity index (χ1v) is 6.39. The third-order valence-electron chi connectivity index (χ3n) is 4.07. The molecule has 3 unspecified atom stereocenters. The van der Waals surface area contributed by atoms with Crippen LogP contribution in [0, 0.1) is 0 Å². The summed E-state index contributed by atoms with van der Waals surface area (Å²) in [6, 6.07) is 0.661. The molecule has 98 valence electrons.